The van der Waals surface area contributed by atoms with Crippen molar-refractivity contribution < 1.29 is 22.8 Å². The molecule has 0 aliphatic carbocycles. The van der Waals surface area contributed by atoms with Crippen LogP contribution in [0.1, 0.15) is 39.1 Å². The average molecular weight is 389 g/mol. The Balaban J connectivity index is 1.60. The molecular formula is C20H18F3N3O2. The molecule has 2 aliphatic heterocycles. The normalized spacial score (nSPS) is 18.7. The number of hydrogen-bond donors (Lipinski definition) is 1. The SMILES string of the molecule is CN1c2cc(C(=O)Nc3cccc(C(F)(F)F)c3)ccc2C(=O)N2CCC[C@H]21. The zero-order chi connectivity index (χ0) is 20.1. The van der Waals surface area contributed by atoms with Crippen molar-refractivity contribution in [1.82, 2.24) is 4.90 Å². The molecule has 0 saturated carbocycles. The molecule has 2 aliphatic rings. The van der Waals surface area contributed by atoms with Gasteiger partial charge in [0.15, 0.2) is 0 Å². The number of alkyl halides is 3. The van der Waals surface area contributed by atoms with Gasteiger partial charge >= 0.3 is 6.18 Å². The highest BCUT2D eigenvalue weighted by atomic mass is 19.4. The molecule has 1 N–H and O–H groups in total. The third-order valence-electron chi connectivity index (χ3n) is 5.25. The first-order chi connectivity index (χ1) is 13.3. The van der Waals surface area contributed by atoms with Crippen molar-refractivity contribution in [2.75, 3.05) is 23.8 Å². The Hall–Kier alpha value is -3.03. The maximum atomic E-state index is 12.8. The Labute approximate surface area is 159 Å². The first kappa shape index (κ1) is 18.3. The zero-order valence-electron chi connectivity index (χ0n) is 15.1. The van der Waals surface area contributed by atoms with Crippen LogP contribution in [0.15, 0.2) is 42.5 Å². The van der Waals surface area contributed by atoms with E-state index >= 15 is 0 Å². The minimum absolute atomic E-state index is 0.0261. The summed E-state index contributed by atoms with van der Waals surface area (Å²) in [6.07, 6.45) is -2.72. The summed E-state index contributed by atoms with van der Waals surface area (Å²) in [6, 6.07) is 9.22. The first-order valence-corrected chi connectivity index (χ1v) is 8.92. The number of carbonyl (C=O) groups excluding carboxylic acids is 2. The number of anilines is 2. The highest BCUT2D eigenvalue weighted by Gasteiger charge is 2.39. The second kappa shape index (κ2) is 6.54. The van der Waals surface area contributed by atoms with E-state index in [0.29, 0.717) is 17.8 Å². The van der Waals surface area contributed by atoms with Crippen LogP contribution in [0.5, 0.6) is 0 Å². The molecule has 1 atom stereocenters. The molecule has 2 aromatic carbocycles. The Morgan fingerprint density at radius 2 is 1.96 bits per heavy atom. The molecule has 0 unspecified atom stereocenters. The van der Waals surface area contributed by atoms with Crippen LogP contribution in [0.25, 0.3) is 0 Å². The lowest BCUT2D eigenvalue weighted by atomic mass is 10.0. The molecule has 28 heavy (non-hydrogen) atoms. The van der Waals surface area contributed by atoms with Crippen LogP contribution in [0.3, 0.4) is 0 Å². The summed E-state index contributed by atoms with van der Waals surface area (Å²) >= 11 is 0. The minimum atomic E-state index is -4.48. The molecule has 4 rings (SSSR count). The average Bonchev–Trinajstić information content (AvgIpc) is 3.15. The third kappa shape index (κ3) is 3.08. The van der Waals surface area contributed by atoms with Crippen LogP contribution >= 0.6 is 0 Å². The summed E-state index contributed by atoms with van der Waals surface area (Å²) in [5.74, 6) is -0.586. The molecule has 0 aromatic heterocycles. The molecular weight excluding hydrogens is 371 g/mol. The zero-order valence-corrected chi connectivity index (χ0v) is 15.1. The van der Waals surface area contributed by atoms with Crippen molar-refractivity contribution in [3.63, 3.8) is 0 Å². The number of halogens is 3. The van der Waals surface area contributed by atoms with Crippen molar-refractivity contribution in [1.29, 1.82) is 0 Å². The van der Waals surface area contributed by atoms with Crippen molar-refractivity contribution in [2.24, 2.45) is 0 Å². The predicted octanol–water partition coefficient (Wildman–Crippen LogP) is 3.97. The fourth-order valence-electron chi connectivity index (χ4n) is 3.83. The lowest BCUT2D eigenvalue weighted by Gasteiger charge is -2.40. The lowest BCUT2D eigenvalue weighted by Crippen LogP contribution is -2.50. The van der Waals surface area contributed by atoms with Crippen molar-refractivity contribution in [3.8, 4) is 0 Å². The number of hydrogen-bond acceptors (Lipinski definition) is 3. The van der Waals surface area contributed by atoms with E-state index in [1.165, 1.54) is 18.2 Å². The fraction of sp³-hybridized carbons (Fsp3) is 0.300. The number of rotatable bonds is 2. The van der Waals surface area contributed by atoms with E-state index in [-0.39, 0.29) is 23.3 Å². The topological polar surface area (TPSA) is 52.7 Å². The molecule has 0 bridgehead atoms. The van der Waals surface area contributed by atoms with Crippen LogP contribution in [-0.4, -0.2) is 36.5 Å². The van der Waals surface area contributed by atoms with Gasteiger partial charge in [-0.05, 0) is 49.2 Å². The highest BCUT2D eigenvalue weighted by molar-refractivity contribution is 6.08. The molecule has 2 amide bonds. The van der Waals surface area contributed by atoms with Crippen LogP contribution in [-0.2, 0) is 6.18 Å². The van der Waals surface area contributed by atoms with Gasteiger partial charge in [-0.3, -0.25) is 9.59 Å². The van der Waals surface area contributed by atoms with Crippen LogP contribution in [0.4, 0.5) is 24.5 Å². The molecule has 8 heteroatoms. The Bertz CT molecular complexity index is 958. The van der Waals surface area contributed by atoms with E-state index in [0.717, 1.165) is 25.0 Å². The summed E-state index contributed by atoms with van der Waals surface area (Å²) in [6.45, 7) is 0.713. The summed E-state index contributed by atoms with van der Waals surface area (Å²) < 4.78 is 38.5. The Morgan fingerprint density at radius 3 is 2.71 bits per heavy atom. The molecule has 0 spiro atoms. The van der Waals surface area contributed by atoms with Gasteiger partial charge in [0, 0.05) is 24.8 Å². The minimum Gasteiger partial charge on any atom is -0.354 e. The van der Waals surface area contributed by atoms with E-state index in [4.69, 9.17) is 0 Å². The number of carbonyl (C=O) groups is 2. The van der Waals surface area contributed by atoms with Crippen molar-refractivity contribution in [3.05, 3.63) is 59.2 Å². The number of fused-ring (bicyclic) bond motifs is 2. The van der Waals surface area contributed by atoms with Gasteiger partial charge in [-0.25, -0.2) is 0 Å². The monoisotopic (exact) mass is 389 g/mol. The summed E-state index contributed by atoms with van der Waals surface area (Å²) in [5, 5.41) is 2.50. The molecule has 2 aromatic rings. The Morgan fingerprint density at radius 1 is 1.18 bits per heavy atom. The number of amides is 2. The van der Waals surface area contributed by atoms with E-state index in [1.807, 2.05) is 16.8 Å². The second-order valence-electron chi connectivity index (χ2n) is 7.00. The molecule has 146 valence electrons. The summed E-state index contributed by atoms with van der Waals surface area (Å²) in [7, 11) is 1.88. The maximum Gasteiger partial charge on any atom is 0.416 e. The van der Waals surface area contributed by atoms with Gasteiger partial charge in [-0.15, -0.1) is 0 Å². The van der Waals surface area contributed by atoms with Crippen molar-refractivity contribution >= 4 is 23.2 Å². The molecule has 1 fully saturated rings. The van der Waals surface area contributed by atoms with Crippen LogP contribution in [0.2, 0.25) is 0 Å². The van der Waals surface area contributed by atoms with E-state index in [2.05, 4.69) is 5.32 Å². The number of benzene rings is 2. The van der Waals surface area contributed by atoms with Gasteiger partial charge in [0.25, 0.3) is 11.8 Å². The quantitative estimate of drug-likeness (QED) is 0.846. The highest BCUT2D eigenvalue weighted by Crippen LogP contribution is 2.35. The van der Waals surface area contributed by atoms with Crippen molar-refractivity contribution in [2.45, 2.75) is 25.2 Å². The van der Waals surface area contributed by atoms with Crippen LogP contribution < -0.4 is 10.2 Å². The standard InChI is InChI=1S/C20H18F3N3O2/c1-25-16-10-12(7-8-15(16)19(28)26-9-3-6-17(25)26)18(27)24-14-5-2-4-13(11-14)20(21,22)23/h2,4-5,7-8,10-11,17H,3,6,9H2,1H3,(H,24,27)/t17-/m0/s1. The first-order valence-electron chi connectivity index (χ1n) is 8.92. The lowest BCUT2D eigenvalue weighted by molar-refractivity contribution is -0.137. The summed E-state index contributed by atoms with van der Waals surface area (Å²) in [4.78, 5) is 29.0. The van der Waals surface area contributed by atoms with Gasteiger partial charge in [-0.1, -0.05) is 6.07 Å². The van der Waals surface area contributed by atoms with Gasteiger partial charge < -0.3 is 15.1 Å². The molecule has 0 radical (unpaired) electrons. The Kier molecular flexibility index (Phi) is 4.28. The molecule has 5 nitrogen and oxygen atoms in total. The second-order valence-corrected chi connectivity index (χ2v) is 7.00. The molecule has 2 heterocycles. The smallest absolute Gasteiger partial charge is 0.354 e. The van der Waals surface area contributed by atoms with Gasteiger partial charge in [0.05, 0.1) is 16.8 Å². The van der Waals surface area contributed by atoms with Gasteiger partial charge in [-0.2, -0.15) is 13.2 Å². The van der Waals surface area contributed by atoms with Crippen LogP contribution in [0, 0.1) is 0 Å². The van der Waals surface area contributed by atoms with Gasteiger partial charge in [0.2, 0.25) is 0 Å². The third-order valence-corrected chi connectivity index (χ3v) is 5.25. The number of nitrogens with one attached hydrogen (secondary N) is 1. The number of nitrogens with zero attached hydrogens (tertiary/aromatic N) is 2. The van der Waals surface area contributed by atoms with E-state index in [9.17, 15) is 22.8 Å². The predicted molar refractivity (Wildman–Crippen MR) is 98.3 cm³/mol. The van der Waals surface area contributed by atoms with Gasteiger partial charge in [0.1, 0.15) is 6.17 Å². The fourth-order valence-corrected chi connectivity index (χ4v) is 3.83. The van der Waals surface area contributed by atoms with E-state index < -0.39 is 17.6 Å². The summed E-state index contributed by atoms with van der Waals surface area (Å²) in [5.41, 5.74) is 0.690. The molecule has 1 saturated heterocycles. The maximum absolute atomic E-state index is 12.8. The van der Waals surface area contributed by atoms with E-state index in [1.54, 1.807) is 12.1 Å². The largest absolute Gasteiger partial charge is 0.416 e.